The van der Waals surface area contributed by atoms with Crippen LogP contribution in [0.25, 0.3) is 11.0 Å². The molecule has 0 aliphatic heterocycles. The summed E-state index contributed by atoms with van der Waals surface area (Å²) < 4.78 is 10.2. The van der Waals surface area contributed by atoms with Crippen molar-refractivity contribution in [1.29, 1.82) is 0 Å². The second kappa shape index (κ2) is 3.71. The number of fused-ring (bicyclic) bond motifs is 1. The second-order valence-corrected chi connectivity index (χ2v) is 4.73. The van der Waals surface area contributed by atoms with Crippen LogP contribution in [0, 0.1) is 5.21 Å². The van der Waals surface area contributed by atoms with Gasteiger partial charge in [-0.25, -0.2) is 0 Å². The summed E-state index contributed by atoms with van der Waals surface area (Å²) in [5.74, 6) is 0. The van der Waals surface area contributed by atoms with E-state index in [-0.39, 0.29) is 0 Å². The zero-order valence-electron chi connectivity index (χ0n) is 7.12. The highest BCUT2D eigenvalue weighted by Crippen LogP contribution is 2.28. The Kier molecular flexibility index (Phi) is 2.72. The third-order valence-corrected chi connectivity index (χ3v) is 3.96. The van der Waals surface area contributed by atoms with Gasteiger partial charge in [0, 0.05) is 22.4 Å². The van der Waals surface area contributed by atoms with E-state index in [1.54, 1.807) is 0 Å². The number of pyridine rings is 1. The molecule has 0 aromatic carbocycles. The van der Waals surface area contributed by atoms with E-state index in [9.17, 15) is 5.21 Å². The molecule has 2 heterocycles. The molecule has 2 rings (SSSR count). The van der Waals surface area contributed by atoms with Crippen LogP contribution in [0.3, 0.4) is 0 Å². The van der Waals surface area contributed by atoms with Gasteiger partial charge in [-0.15, -0.1) is 0 Å². The first-order valence-corrected chi connectivity index (χ1v) is 6.20. The lowest BCUT2D eigenvalue weighted by molar-refractivity contribution is -0.624. The van der Waals surface area contributed by atoms with Gasteiger partial charge in [0.05, 0.1) is 11.7 Å². The third kappa shape index (κ3) is 1.34. The zero-order valence-corrected chi connectivity index (χ0v) is 11.1. The first-order valence-electron chi connectivity index (χ1n) is 3.88. The van der Waals surface area contributed by atoms with Gasteiger partial charge in [0.1, 0.15) is 9.99 Å². The Labute approximate surface area is 101 Å². The minimum atomic E-state index is 0.432. The van der Waals surface area contributed by atoms with E-state index in [4.69, 9.17) is 0 Å². The lowest BCUT2D eigenvalue weighted by Gasteiger charge is -2.06. The van der Waals surface area contributed by atoms with Gasteiger partial charge >= 0.3 is 0 Å². The van der Waals surface area contributed by atoms with Crippen molar-refractivity contribution in [2.75, 3.05) is 0 Å². The maximum absolute atomic E-state index is 11.7. The summed E-state index contributed by atoms with van der Waals surface area (Å²) in [5, 5.41) is 11.7. The van der Waals surface area contributed by atoms with Crippen LogP contribution < -0.4 is 4.73 Å². The molecular formula is C7H5Br2N3OS. The maximum atomic E-state index is 11.7. The number of halogens is 2. The molecule has 0 fully saturated rings. The Morgan fingerprint density at radius 1 is 1.36 bits per heavy atom. The molecular weight excluding hydrogens is 334 g/mol. The van der Waals surface area contributed by atoms with Gasteiger partial charge in [0.2, 0.25) is 5.69 Å². The van der Waals surface area contributed by atoms with Crippen molar-refractivity contribution in [2.24, 2.45) is 0 Å². The molecule has 2 aromatic heterocycles. The summed E-state index contributed by atoms with van der Waals surface area (Å²) in [5.41, 5.74) is 2.01. The van der Waals surface area contributed by atoms with Crippen LogP contribution in [-0.2, 0) is 6.42 Å². The van der Waals surface area contributed by atoms with Gasteiger partial charge in [-0.3, -0.25) is 0 Å². The fourth-order valence-corrected chi connectivity index (χ4v) is 3.21. The van der Waals surface area contributed by atoms with E-state index >= 15 is 0 Å². The van der Waals surface area contributed by atoms with E-state index in [1.165, 1.54) is 0 Å². The Balaban J connectivity index is 2.94. The number of aromatic nitrogens is 3. The van der Waals surface area contributed by atoms with Gasteiger partial charge in [-0.2, -0.15) is 13.5 Å². The summed E-state index contributed by atoms with van der Waals surface area (Å²) in [7, 11) is 0. The molecule has 0 N–H and O–H groups in total. The van der Waals surface area contributed by atoms with Crippen molar-refractivity contribution in [1.82, 2.24) is 8.75 Å². The molecule has 2 aromatic rings. The monoisotopic (exact) mass is 337 g/mol. The lowest BCUT2D eigenvalue weighted by atomic mass is 10.3. The molecule has 0 unspecified atom stereocenters. The van der Waals surface area contributed by atoms with Gasteiger partial charge in [-0.05, 0) is 15.9 Å². The van der Waals surface area contributed by atoms with Crippen LogP contribution in [0.4, 0.5) is 0 Å². The first kappa shape index (κ1) is 10.3. The largest absolute Gasteiger partial charge is 0.618 e. The summed E-state index contributed by atoms with van der Waals surface area (Å²) in [6.45, 7) is 1.92. The molecule has 0 saturated heterocycles. The fourth-order valence-electron chi connectivity index (χ4n) is 1.21. The molecule has 74 valence electrons. The average Bonchev–Trinajstić information content (AvgIpc) is 2.64. The highest BCUT2D eigenvalue weighted by molar-refractivity contribution is 9.11. The van der Waals surface area contributed by atoms with Crippen molar-refractivity contribution < 1.29 is 4.73 Å². The van der Waals surface area contributed by atoms with Crippen molar-refractivity contribution in [3.8, 4) is 0 Å². The molecule has 0 bridgehead atoms. The van der Waals surface area contributed by atoms with Gasteiger partial charge in [0.25, 0.3) is 4.60 Å². The third-order valence-electron chi connectivity index (χ3n) is 1.90. The van der Waals surface area contributed by atoms with Crippen LogP contribution in [0.2, 0.25) is 0 Å². The van der Waals surface area contributed by atoms with Crippen LogP contribution in [0.15, 0.2) is 9.08 Å². The van der Waals surface area contributed by atoms with Gasteiger partial charge in [-0.1, -0.05) is 6.92 Å². The van der Waals surface area contributed by atoms with Crippen molar-refractivity contribution >= 4 is 54.6 Å². The molecule has 0 amide bonds. The smallest absolute Gasteiger partial charge is 0.288 e. The molecule has 0 aliphatic carbocycles. The summed E-state index contributed by atoms with van der Waals surface area (Å²) in [6.07, 6.45) is 0.649. The van der Waals surface area contributed by atoms with Crippen LogP contribution >= 0.6 is 43.6 Å². The second-order valence-electron chi connectivity index (χ2n) is 2.66. The maximum Gasteiger partial charge on any atom is 0.288 e. The fraction of sp³-hybridized carbons (Fsp3) is 0.286. The molecule has 0 aliphatic rings. The quantitative estimate of drug-likeness (QED) is 0.456. The Morgan fingerprint density at radius 2 is 2.00 bits per heavy atom. The van der Waals surface area contributed by atoms with Crippen molar-refractivity contribution in [3.63, 3.8) is 0 Å². The van der Waals surface area contributed by atoms with Gasteiger partial charge < -0.3 is 5.21 Å². The molecule has 4 nitrogen and oxygen atoms in total. The minimum Gasteiger partial charge on any atom is -0.618 e. The van der Waals surface area contributed by atoms with Crippen LogP contribution in [0.1, 0.15) is 12.6 Å². The van der Waals surface area contributed by atoms with E-state index < -0.39 is 0 Å². The minimum absolute atomic E-state index is 0.432. The zero-order chi connectivity index (χ0) is 10.3. The van der Waals surface area contributed by atoms with Gasteiger partial charge in [0.15, 0.2) is 5.52 Å². The van der Waals surface area contributed by atoms with Crippen LogP contribution in [0.5, 0.6) is 0 Å². The average molecular weight is 339 g/mol. The molecule has 0 spiro atoms. The summed E-state index contributed by atoms with van der Waals surface area (Å²) in [6, 6.07) is 0. The molecule has 0 saturated carbocycles. The van der Waals surface area contributed by atoms with Crippen LogP contribution in [-0.4, -0.2) is 8.75 Å². The Hall–Kier alpha value is -0.270. The summed E-state index contributed by atoms with van der Waals surface area (Å²) in [4.78, 5) is 0. The number of hydrogen-bond donors (Lipinski definition) is 0. The predicted octanol–water partition coefficient (Wildman–Crippen LogP) is 2.41. The molecule has 0 atom stereocenters. The van der Waals surface area contributed by atoms with E-state index in [0.717, 1.165) is 26.4 Å². The van der Waals surface area contributed by atoms with E-state index in [0.29, 0.717) is 22.2 Å². The van der Waals surface area contributed by atoms with Crippen molar-refractivity contribution in [2.45, 2.75) is 13.3 Å². The van der Waals surface area contributed by atoms with E-state index in [1.807, 2.05) is 6.92 Å². The lowest BCUT2D eigenvalue weighted by Crippen LogP contribution is -2.34. The number of hydrogen-bond acceptors (Lipinski definition) is 4. The number of nitrogens with zero attached hydrogens (tertiary/aromatic N) is 3. The standard InChI is InChI=1S/C7H5Br2N3OS/c1-2-3-4(8)5-6(11-14-10-5)7(9)12(3)13/h2H2,1H3. The highest BCUT2D eigenvalue weighted by Gasteiger charge is 2.22. The predicted molar refractivity (Wildman–Crippen MR) is 61.2 cm³/mol. The molecule has 14 heavy (non-hydrogen) atoms. The van der Waals surface area contributed by atoms with Crippen molar-refractivity contribution in [3.05, 3.63) is 20.0 Å². The first-order chi connectivity index (χ1) is 6.66. The van der Waals surface area contributed by atoms with E-state index in [2.05, 4.69) is 40.6 Å². The Bertz CT molecular complexity index is 499. The molecule has 7 heteroatoms. The highest BCUT2D eigenvalue weighted by atomic mass is 79.9. The Morgan fingerprint density at radius 3 is 2.64 bits per heavy atom. The SMILES string of the molecule is CCc1c(Br)c2nsnc2c(Br)[n+]1[O-]. The normalized spacial score (nSPS) is 11.1. The molecule has 0 radical (unpaired) electrons. The topological polar surface area (TPSA) is 52.7 Å². The number of rotatable bonds is 1. The summed E-state index contributed by atoms with van der Waals surface area (Å²) >= 11 is 7.69.